The topological polar surface area (TPSA) is 64.4 Å². The number of benzene rings is 1. The lowest BCUT2D eigenvalue weighted by atomic mass is 9.84. The highest BCUT2D eigenvalue weighted by atomic mass is 32.2. The average molecular weight is 347 g/mol. The number of nitriles is 1. The Balaban J connectivity index is 1.54. The van der Waals surface area contributed by atoms with Gasteiger partial charge in [0.15, 0.2) is 0 Å². The molecule has 0 bridgehead atoms. The minimum Gasteiger partial charge on any atom is -0.299 e. The van der Waals surface area contributed by atoms with Crippen molar-refractivity contribution in [2.24, 2.45) is 11.8 Å². The van der Waals surface area contributed by atoms with E-state index < -0.39 is 10.0 Å². The van der Waals surface area contributed by atoms with Gasteiger partial charge in [0.25, 0.3) is 0 Å². The van der Waals surface area contributed by atoms with E-state index in [1.54, 1.807) is 4.31 Å². The van der Waals surface area contributed by atoms with Gasteiger partial charge >= 0.3 is 0 Å². The van der Waals surface area contributed by atoms with Gasteiger partial charge < -0.3 is 0 Å². The smallest absolute Gasteiger partial charge is 0.211 e. The summed E-state index contributed by atoms with van der Waals surface area (Å²) in [7, 11) is -3.04. The quantitative estimate of drug-likeness (QED) is 0.836. The molecule has 1 aromatic carbocycles. The lowest BCUT2D eigenvalue weighted by Crippen LogP contribution is -2.39. The fourth-order valence-electron chi connectivity index (χ4n) is 4.08. The van der Waals surface area contributed by atoms with Gasteiger partial charge in [0.1, 0.15) is 0 Å². The van der Waals surface area contributed by atoms with Crippen LogP contribution in [0.15, 0.2) is 24.3 Å². The van der Waals surface area contributed by atoms with Gasteiger partial charge in [0, 0.05) is 26.2 Å². The molecule has 1 unspecified atom stereocenters. The first kappa shape index (κ1) is 17.4. The van der Waals surface area contributed by atoms with E-state index in [-0.39, 0.29) is 0 Å². The summed E-state index contributed by atoms with van der Waals surface area (Å²) in [6.45, 7) is 4.29. The SMILES string of the molecule is CS(=O)(=O)N1CCC(C2CCN(Cc3ccccc3C#N)C2)CC1. The molecule has 0 amide bonds. The molecular formula is C18H25N3O2S. The third-order valence-corrected chi connectivity index (χ3v) is 6.78. The normalized spacial score (nSPS) is 24.1. The van der Waals surface area contributed by atoms with Crippen LogP contribution in [0.4, 0.5) is 0 Å². The summed E-state index contributed by atoms with van der Waals surface area (Å²) in [5.41, 5.74) is 1.87. The highest BCUT2D eigenvalue weighted by molar-refractivity contribution is 7.88. The van der Waals surface area contributed by atoms with Gasteiger partial charge in [-0.05, 0) is 49.3 Å². The molecular weight excluding hydrogens is 322 g/mol. The monoisotopic (exact) mass is 347 g/mol. The highest BCUT2D eigenvalue weighted by Gasteiger charge is 2.33. The third-order valence-electron chi connectivity index (χ3n) is 5.47. The lowest BCUT2D eigenvalue weighted by Gasteiger charge is -2.33. The maximum atomic E-state index is 11.6. The molecule has 0 N–H and O–H groups in total. The van der Waals surface area contributed by atoms with Crippen LogP contribution in [0.2, 0.25) is 0 Å². The van der Waals surface area contributed by atoms with Gasteiger partial charge in [-0.25, -0.2) is 12.7 Å². The second-order valence-corrected chi connectivity index (χ2v) is 9.03. The first-order chi connectivity index (χ1) is 11.5. The van der Waals surface area contributed by atoms with Crippen molar-refractivity contribution >= 4 is 10.0 Å². The molecule has 0 aliphatic carbocycles. The molecule has 2 aliphatic rings. The molecule has 0 radical (unpaired) electrons. The van der Waals surface area contributed by atoms with Crippen molar-refractivity contribution in [3.8, 4) is 6.07 Å². The van der Waals surface area contributed by atoms with Gasteiger partial charge in [0.2, 0.25) is 10.0 Å². The molecule has 5 nitrogen and oxygen atoms in total. The Morgan fingerprint density at radius 2 is 1.79 bits per heavy atom. The van der Waals surface area contributed by atoms with Crippen LogP contribution in [-0.2, 0) is 16.6 Å². The zero-order valence-electron chi connectivity index (χ0n) is 14.2. The van der Waals surface area contributed by atoms with Gasteiger partial charge in [-0.1, -0.05) is 18.2 Å². The van der Waals surface area contributed by atoms with Crippen molar-refractivity contribution in [1.29, 1.82) is 5.26 Å². The Kier molecular flexibility index (Phi) is 5.24. The van der Waals surface area contributed by atoms with Crippen LogP contribution in [0.25, 0.3) is 0 Å². The van der Waals surface area contributed by atoms with E-state index >= 15 is 0 Å². The molecule has 3 rings (SSSR count). The highest BCUT2D eigenvalue weighted by Crippen LogP contribution is 2.33. The van der Waals surface area contributed by atoms with Gasteiger partial charge in [-0.3, -0.25) is 4.90 Å². The predicted molar refractivity (Wildman–Crippen MR) is 93.7 cm³/mol. The minimum atomic E-state index is -3.04. The molecule has 6 heteroatoms. The zero-order chi connectivity index (χ0) is 17.2. The van der Waals surface area contributed by atoms with E-state index in [4.69, 9.17) is 0 Å². The van der Waals surface area contributed by atoms with Gasteiger partial charge in [-0.15, -0.1) is 0 Å². The minimum absolute atomic E-state index is 0.624. The van der Waals surface area contributed by atoms with Crippen molar-refractivity contribution in [2.75, 3.05) is 32.4 Å². The van der Waals surface area contributed by atoms with Crippen molar-refractivity contribution in [2.45, 2.75) is 25.8 Å². The lowest BCUT2D eigenvalue weighted by molar-refractivity contribution is 0.202. The van der Waals surface area contributed by atoms with Gasteiger partial charge in [0.05, 0.1) is 17.9 Å². The predicted octanol–water partition coefficient (Wildman–Crippen LogP) is 2.05. The largest absolute Gasteiger partial charge is 0.299 e. The Bertz CT molecular complexity index is 718. The van der Waals surface area contributed by atoms with Crippen LogP contribution in [-0.4, -0.2) is 50.1 Å². The molecule has 0 spiro atoms. The maximum absolute atomic E-state index is 11.6. The van der Waals surface area contributed by atoms with E-state index in [1.165, 1.54) is 12.7 Å². The van der Waals surface area contributed by atoms with Crippen LogP contribution < -0.4 is 0 Å². The summed E-state index contributed by atoms with van der Waals surface area (Å²) in [5.74, 6) is 1.28. The fourth-order valence-corrected chi connectivity index (χ4v) is 4.95. The van der Waals surface area contributed by atoms with Crippen LogP contribution >= 0.6 is 0 Å². The van der Waals surface area contributed by atoms with Crippen LogP contribution in [0.3, 0.4) is 0 Å². The Morgan fingerprint density at radius 1 is 1.12 bits per heavy atom. The first-order valence-corrected chi connectivity index (χ1v) is 10.5. The number of hydrogen-bond donors (Lipinski definition) is 0. The summed E-state index contributed by atoms with van der Waals surface area (Å²) in [6, 6.07) is 10.1. The average Bonchev–Trinajstić information content (AvgIpc) is 3.03. The van der Waals surface area contributed by atoms with E-state index in [1.807, 2.05) is 24.3 Å². The second-order valence-electron chi connectivity index (χ2n) is 7.05. The molecule has 2 saturated heterocycles. The second kappa shape index (κ2) is 7.22. The fraction of sp³-hybridized carbons (Fsp3) is 0.611. The summed E-state index contributed by atoms with van der Waals surface area (Å²) in [4.78, 5) is 2.43. The number of likely N-dealkylation sites (tertiary alicyclic amines) is 1. The molecule has 1 aromatic rings. The maximum Gasteiger partial charge on any atom is 0.211 e. The molecule has 0 aromatic heterocycles. The van der Waals surface area contributed by atoms with Crippen LogP contribution in [0, 0.1) is 23.2 Å². The summed E-state index contributed by atoms with van der Waals surface area (Å²) >= 11 is 0. The molecule has 0 saturated carbocycles. The molecule has 2 fully saturated rings. The molecule has 24 heavy (non-hydrogen) atoms. The number of rotatable bonds is 4. The third kappa shape index (κ3) is 3.97. The van der Waals surface area contributed by atoms with E-state index in [2.05, 4.69) is 11.0 Å². The molecule has 2 aliphatic heterocycles. The standard InChI is InChI=1S/C18H25N3O2S/c1-24(22,23)21-10-7-15(8-11-21)18-6-9-20(14-18)13-17-5-3-2-4-16(17)12-19/h2-5,15,18H,6-11,13-14H2,1H3. The Hall–Kier alpha value is -1.42. The van der Waals surface area contributed by atoms with Crippen molar-refractivity contribution in [1.82, 2.24) is 9.21 Å². The summed E-state index contributed by atoms with van der Waals surface area (Å²) in [5, 5.41) is 9.22. The van der Waals surface area contributed by atoms with E-state index in [0.717, 1.165) is 43.6 Å². The first-order valence-electron chi connectivity index (χ1n) is 8.63. The number of nitrogens with zero attached hydrogens (tertiary/aromatic N) is 3. The van der Waals surface area contributed by atoms with Crippen LogP contribution in [0.1, 0.15) is 30.4 Å². The Morgan fingerprint density at radius 3 is 2.46 bits per heavy atom. The number of sulfonamides is 1. The van der Waals surface area contributed by atoms with Crippen molar-refractivity contribution < 1.29 is 8.42 Å². The summed E-state index contributed by atoms with van der Waals surface area (Å²) < 4.78 is 24.9. The summed E-state index contributed by atoms with van der Waals surface area (Å²) in [6.07, 6.45) is 4.43. The Labute approximate surface area is 144 Å². The van der Waals surface area contributed by atoms with Crippen molar-refractivity contribution in [3.05, 3.63) is 35.4 Å². The number of piperidine rings is 1. The van der Waals surface area contributed by atoms with E-state index in [9.17, 15) is 13.7 Å². The molecule has 1 atom stereocenters. The van der Waals surface area contributed by atoms with Gasteiger partial charge in [-0.2, -0.15) is 5.26 Å². The van der Waals surface area contributed by atoms with E-state index in [0.29, 0.717) is 24.9 Å². The molecule has 2 heterocycles. The van der Waals surface area contributed by atoms with Crippen molar-refractivity contribution in [3.63, 3.8) is 0 Å². The van der Waals surface area contributed by atoms with Crippen LogP contribution in [0.5, 0.6) is 0 Å². The number of hydrogen-bond acceptors (Lipinski definition) is 4. The molecule has 130 valence electrons. The zero-order valence-corrected chi connectivity index (χ0v) is 15.0.